The summed E-state index contributed by atoms with van der Waals surface area (Å²) in [7, 11) is 1.84. The Kier molecular flexibility index (Phi) is 10.3. The fourth-order valence-corrected chi connectivity index (χ4v) is 5.03. The van der Waals surface area contributed by atoms with Crippen molar-refractivity contribution in [3.05, 3.63) is 0 Å². The minimum absolute atomic E-state index is 1.09. The average molecular weight is 269 g/mol. The predicted molar refractivity (Wildman–Crippen MR) is 85.9 cm³/mol. The minimum atomic E-state index is 1.09. The van der Waals surface area contributed by atoms with Gasteiger partial charge in [0, 0.05) is 0 Å². The molecular weight excluding hydrogens is 235 g/mol. The molecule has 0 nitrogen and oxygen atoms in total. The summed E-state index contributed by atoms with van der Waals surface area (Å²) < 4.78 is 0. The minimum Gasteiger partial charge on any atom is -0.0741 e. The molecule has 2 aliphatic carbocycles. The van der Waals surface area contributed by atoms with Gasteiger partial charge in [-0.25, -0.2) is 0 Å². The Balaban J connectivity index is 0.000000280. The molecule has 0 amide bonds. The van der Waals surface area contributed by atoms with Gasteiger partial charge >= 0.3 is 0 Å². The van der Waals surface area contributed by atoms with Crippen LogP contribution in [0.15, 0.2) is 0 Å². The Hall–Kier alpha value is 0.430. The van der Waals surface area contributed by atoms with E-state index in [2.05, 4.69) is 13.8 Å². The summed E-state index contributed by atoms with van der Waals surface area (Å²) in [6, 6.07) is 0. The Bertz CT molecular complexity index is 148. The highest BCUT2D eigenvalue weighted by Gasteiger charge is 2.20. The van der Waals surface area contributed by atoms with Crippen LogP contribution in [0.25, 0.3) is 0 Å². The summed E-state index contributed by atoms with van der Waals surface area (Å²) in [5, 5.41) is 0. The van der Waals surface area contributed by atoms with E-state index in [1.54, 1.807) is 0 Å². The summed E-state index contributed by atoms with van der Waals surface area (Å²) in [6.07, 6.45) is 19.3. The Labute approximate surface area is 117 Å². The lowest BCUT2D eigenvalue weighted by atomic mass is 10.00. The van der Waals surface area contributed by atoms with Crippen LogP contribution in [0.1, 0.15) is 97.3 Å². The highest BCUT2D eigenvalue weighted by Crippen LogP contribution is 2.41. The third kappa shape index (κ3) is 7.78. The first-order valence-electron chi connectivity index (χ1n) is 8.56. The van der Waals surface area contributed by atoms with Crippen molar-refractivity contribution in [1.82, 2.24) is 0 Å². The van der Waals surface area contributed by atoms with Crippen molar-refractivity contribution in [2.45, 2.75) is 109 Å². The van der Waals surface area contributed by atoms with Gasteiger partial charge in [0.2, 0.25) is 0 Å². The van der Waals surface area contributed by atoms with Crippen LogP contribution in [0.3, 0.4) is 0 Å². The van der Waals surface area contributed by atoms with E-state index in [1.165, 1.54) is 83.5 Å². The maximum Gasteiger partial charge on any atom is -0.0168 e. The van der Waals surface area contributed by atoms with E-state index in [-0.39, 0.29) is 0 Å². The van der Waals surface area contributed by atoms with Crippen molar-refractivity contribution in [1.29, 1.82) is 0 Å². The molecule has 0 aliphatic heterocycles. The monoisotopic (exact) mass is 269 g/mol. The molecule has 0 bridgehead atoms. The van der Waals surface area contributed by atoms with Crippen LogP contribution in [0.5, 0.6) is 0 Å². The van der Waals surface area contributed by atoms with Crippen molar-refractivity contribution in [2.75, 3.05) is 0 Å². The van der Waals surface area contributed by atoms with E-state index in [1.807, 2.05) is 8.58 Å². The van der Waals surface area contributed by atoms with Crippen LogP contribution in [-0.4, -0.2) is 11.3 Å². The first-order valence-corrected chi connectivity index (χ1v) is 9.60. The summed E-state index contributed by atoms with van der Waals surface area (Å²) in [5.41, 5.74) is 2.19. The molecule has 0 spiro atoms. The van der Waals surface area contributed by atoms with Gasteiger partial charge in [0.15, 0.2) is 0 Å². The first-order chi connectivity index (χ1) is 8.86. The molecule has 0 aromatic heterocycles. The van der Waals surface area contributed by atoms with Crippen LogP contribution in [0.4, 0.5) is 0 Å². The Morgan fingerprint density at radius 3 is 1.33 bits per heavy atom. The van der Waals surface area contributed by atoms with Crippen molar-refractivity contribution in [3.8, 4) is 0 Å². The fraction of sp³-hybridized carbons (Fsp3) is 1.00. The second kappa shape index (κ2) is 11.3. The molecule has 107 valence electrons. The van der Waals surface area contributed by atoms with Crippen LogP contribution in [0, 0.1) is 0 Å². The molecule has 0 atom stereocenters. The maximum atomic E-state index is 2.21. The second-order valence-electron chi connectivity index (χ2n) is 6.09. The second-order valence-corrected chi connectivity index (χ2v) is 7.85. The number of hydrogen-bond acceptors (Lipinski definition) is 0. The SMILES string of the molecule is C1CCC([P]C2CCCCC2)CC1.CCCCC. The van der Waals surface area contributed by atoms with Crippen molar-refractivity contribution in [3.63, 3.8) is 0 Å². The molecule has 0 saturated heterocycles. The van der Waals surface area contributed by atoms with E-state index < -0.39 is 0 Å². The highest BCUT2D eigenvalue weighted by molar-refractivity contribution is 7.39. The lowest BCUT2D eigenvalue weighted by molar-refractivity contribution is 0.490. The van der Waals surface area contributed by atoms with E-state index in [4.69, 9.17) is 0 Å². The maximum absolute atomic E-state index is 2.21. The van der Waals surface area contributed by atoms with Crippen LogP contribution in [0.2, 0.25) is 0 Å². The summed E-state index contributed by atoms with van der Waals surface area (Å²) >= 11 is 0. The molecule has 0 heterocycles. The van der Waals surface area contributed by atoms with Crippen LogP contribution < -0.4 is 0 Å². The molecular formula is C17H34P. The third-order valence-corrected chi connectivity index (χ3v) is 6.15. The standard InChI is InChI=1S/C12H22P.C5H12/c1-3-7-11(8-4-1)13-12-9-5-2-6-10-12;1-3-5-4-2/h11-12H,1-10H2;3-5H2,1-2H3. The topological polar surface area (TPSA) is 0 Å². The lowest BCUT2D eigenvalue weighted by Gasteiger charge is -2.28. The molecule has 0 unspecified atom stereocenters. The van der Waals surface area contributed by atoms with Crippen molar-refractivity contribution >= 4 is 8.58 Å². The number of unbranched alkanes of at least 4 members (excludes halogenated alkanes) is 2. The average Bonchev–Trinajstić information content (AvgIpc) is 2.43. The molecule has 18 heavy (non-hydrogen) atoms. The van der Waals surface area contributed by atoms with Gasteiger partial charge in [0.05, 0.1) is 0 Å². The van der Waals surface area contributed by atoms with Gasteiger partial charge in [0.1, 0.15) is 0 Å². The highest BCUT2D eigenvalue weighted by atomic mass is 31.1. The van der Waals surface area contributed by atoms with Gasteiger partial charge in [-0.2, -0.15) is 0 Å². The molecule has 2 aliphatic rings. The summed E-state index contributed by atoms with van der Waals surface area (Å²) in [4.78, 5) is 0. The van der Waals surface area contributed by atoms with E-state index in [9.17, 15) is 0 Å². The van der Waals surface area contributed by atoms with Gasteiger partial charge in [-0.3, -0.25) is 0 Å². The van der Waals surface area contributed by atoms with Crippen LogP contribution in [-0.2, 0) is 0 Å². The molecule has 2 saturated carbocycles. The molecule has 2 rings (SSSR count). The fourth-order valence-electron chi connectivity index (χ4n) is 3.11. The largest absolute Gasteiger partial charge is 0.0741 e. The van der Waals surface area contributed by atoms with Crippen molar-refractivity contribution in [2.24, 2.45) is 0 Å². The molecule has 0 N–H and O–H groups in total. The number of rotatable bonds is 4. The molecule has 2 fully saturated rings. The van der Waals surface area contributed by atoms with E-state index >= 15 is 0 Å². The van der Waals surface area contributed by atoms with E-state index in [0.717, 1.165) is 11.3 Å². The van der Waals surface area contributed by atoms with Gasteiger partial charge in [-0.05, 0) is 37.0 Å². The normalized spacial score (nSPS) is 22.3. The number of hydrogen-bond donors (Lipinski definition) is 0. The first kappa shape index (κ1) is 16.5. The molecule has 0 aromatic rings. The zero-order valence-corrected chi connectivity index (χ0v) is 13.7. The smallest absolute Gasteiger partial charge is 0.0168 e. The molecule has 1 radical (unpaired) electrons. The Morgan fingerprint density at radius 2 is 1.06 bits per heavy atom. The zero-order chi connectivity index (χ0) is 13.1. The third-order valence-electron chi connectivity index (χ3n) is 4.28. The van der Waals surface area contributed by atoms with Gasteiger partial charge < -0.3 is 0 Å². The predicted octanol–water partition coefficient (Wildman–Crippen LogP) is 6.79. The quantitative estimate of drug-likeness (QED) is 0.492. The van der Waals surface area contributed by atoms with Gasteiger partial charge in [0.25, 0.3) is 0 Å². The van der Waals surface area contributed by atoms with Gasteiger partial charge in [-0.1, -0.05) is 80.2 Å². The van der Waals surface area contributed by atoms with Gasteiger partial charge in [-0.15, -0.1) is 0 Å². The lowest BCUT2D eigenvalue weighted by Crippen LogP contribution is -2.14. The van der Waals surface area contributed by atoms with Crippen molar-refractivity contribution < 1.29 is 0 Å². The van der Waals surface area contributed by atoms with Crippen LogP contribution >= 0.6 is 8.58 Å². The molecule has 1 heteroatoms. The summed E-state index contributed by atoms with van der Waals surface area (Å²) in [5.74, 6) is 0. The molecule has 0 aromatic carbocycles. The Morgan fingerprint density at radius 1 is 0.667 bits per heavy atom. The van der Waals surface area contributed by atoms with E-state index in [0.29, 0.717) is 0 Å². The summed E-state index contributed by atoms with van der Waals surface area (Å²) in [6.45, 7) is 4.42. The zero-order valence-electron chi connectivity index (χ0n) is 12.8.